The van der Waals surface area contributed by atoms with Gasteiger partial charge in [-0.05, 0) is 67.3 Å². The number of carbonyl (C=O) groups excluding carboxylic acids is 2. The fourth-order valence-electron chi connectivity index (χ4n) is 3.20. The van der Waals surface area contributed by atoms with Gasteiger partial charge in [-0.2, -0.15) is 8.42 Å². The zero-order valence-electron chi connectivity index (χ0n) is 18.9. The van der Waals surface area contributed by atoms with Crippen LogP contribution in [0, 0.1) is 0 Å². The highest BCUT2D eigenvalue weighted by atomic mass is 35.5. The molecule has 0 saturated heterocycles. The zero-order chi connectivity index (χ0) is 24.9. The van der Waals surface area contributed by atoms with Crippen LogP contribution in [0.25, 0.3) is 0 Å². The van der Waals surface area contributed by atoms with E-state index in [-0.39, 0.29) is 35.0 Å². The first-order valence-corrected chi connectivity index (χ1v) is 13.2. The van der Waals surface area contributed by atoms with Crippen molar-refractivity contribution in [3.8, 4) is 5.75 Å². The Morgan fingerprint density at radius 1 is 1.15 bits per heavy atom. The molecule has 1 N–H and O–H groups in total. The molecule has 0 fully saturated rings. The van der Waals surface area contributed by atoms with E-state index in [2.05, 4.69) is 5.32 Å². The molecular formula is C24H25ClN2O5S2. The molecule has 2 amide bonds. The molecule has 34 heavy (non-hydrogen) atoms. The van der Waals surface area contributed by atoms with Gasteiger partial charge in [-0.15, -0.1) is 11.3 Å². The van der Waals surface area contributed by atoms with Crippen LogP contribution in [0.2, 0.25) is 5.02 Å². The number of hydrogen-bond donors (Lipinski definition) is 1. The van der Waals surface area contributed by atoms with Gasteiger partial charge in [0.25, 0.3) is 5.91 Å². The van der Waals surface area contributed by atoms with Crippen LogP contribution >= 0.6 is 22.9 Å². The van der Waals surface area contributed by atoms with E-state index in [0.29, 0.717) is 27.6 Å². The summed E-state index contributed by atoms with van der Waals surface area (Å²) >= 11 is 7.55. The van der Waals surface area contributed by atoms with Gasteiger partial charge in [0.2, 0.25) is 5.91 Å². The van der Waals surface area contributed by atoms with Gasteiger partial charge < -0.3 is 14.4 Å². The van der Waals surface area contributed by atoms with Gasteiger partial charge in [-0.3, -0.25) is 9.59 Å². The smallest absolute Gasteiger partial charge is 0.339 e. The van der Waals surface area contributed by atoms with Crippen molar-refractivity contribution in [3.63, 3.8) is 0 Å². The second kappa shape index (κ2) is 11.0. The van der Waals surface area contributed by atoms with Gasteiger partial charge in [-0.1, -0.05) is 24.6 Å². The average Bonchev–Trinajstić information content (AvgIpc) is 3.33. The number of halogens is 1. The first kappa shape index (κ1) is 25.7. The average molecular weight is 521 g/mol. The Morgan fingerprint density at radius 3 is 2.44 bits per heavy atom. The van der Waals surface area contributed by atoms with E-state index in [9.17, 15) is 18.0 Å². The highest BCUT2D eigenvalue weighted by molar-refractivity contribution is 7.87. The predicted octanol–water partition coefficient (Wildman–Crippen LogP) is 5.57. The summed E-state index contributed by atoms with van der Waals surface area (Å²) in [6, 6.07) is 13.7. The van der Waals surface area contributed by atoms with Crippen molar-refractivity contribution in [1.82, 2.24) is 4.90 Å². The predicted molar refractivity (Wildman–Crippen MR) is 134 cm³/mol. The van der Waals surface area contributed by atoms with Crippen molar-refractivity contribution in [1.29, 1.82) is 0 Å². The molecule has 10 heteroatoms. The van der Waals surface area contributed by atoms with E-state index in [0.717, 1.165) is 0 Å². The minimum absolute atomic E-state index is 0.0732. The highest BCUT2D eigenvalue weighted by Crippen LogP contribution is 2.29. The fraction of sp³-hybridized carbons (Fsp3) is 0.250. The van der Waals surface area contributed by atoms with Crippen LogP contribution in [0.1, 0.15) is 42.4 Å². The van der Waals surface area contributed by atoms with Crippen LogP contribution in [0.15, 0.2) is 64.9 Å². The molecule has 0 aliphatic rings. The molecule has 1 atom stereocenters. The second-order valence-electron chi connectivity index (χ2n) is 7.66. The van der Waals surface area contributed by atoms with Gasteiger partial charge in [0.1, 0.15) is 10.6 Å². The van der Waals surface area contributed by atoms with Crippen LogP contribution in [-0.4, -0.2) is 31.2 Å². The second-order valence-corrected chi connectivity index (χ2v) is 10.6. The minimum atomic E-state index is -4.18. The third-order valence-corrected chi connectivity index (χ3v) is 7.48. The standard InChI is InChI=1S/C24H25ClN2O5S2/c1-4-16(2)27(24(29)23-6-5-13-33-23)15-18-14-19(25)7-12-22(18)32-34(30,31)21-10-8-20(9-11-21)26-17(3)28/h5-14,16H,4,15H2,1-3H3,(H,26,28)/t16-/m0/s1. The van der Waals surface area contributed by atoms with Gasteiger partial charge >= 0.3 is 10.1 Å². The summed E-state index contributed by atoms with van der Waals surface area (Å²) in [6.45, 7) is 5.40. The van der Waals surface area contributed by atoms with E-state index in [1.54, 1.807) is 17.0 Å². The molecule has 7 nitrogen and oxygen atoms in total. The number of benzene rings is 2. The Labute approximate surface area is 208 Å². The van der Waals surface area contributed by atoms with Crippen molar-refractivity contribution in [2.24, 2.45) is 0 Å². The van der Waals surface area contributed by atoms with Crippen molar-refractivity contribution >= 4 is 50.6 Å². The topological polar surface area (TPSA) is 92.8 Å². The molecule has 0 bridgehead atoms. The maximum atomic E-state index is 13.1. The summed E-state index contributed by atoms with van der Waals surface area (Å²) in [5.41, 5.74) is 0.936. The minimum Gasteiger partial charge on any atom is -0.379 e. The number of anilines is 1. The molecular weight excluding hydrogens is 496 g/mol. The Bertz CT molecular complexity index is 1260. The normalized spacial score (nSPS) is 12.1. The van der Waals surface area contributed by atoms with Gasteiger partial charge in [0, 0.05) is 29.2 Å². The number of nitrogens with one attached hydrogen (secondary N) is 1. The van der Waals surface area contributed by atoms with E-state index >= 15 is 0 Å². The van der Waals surface area contributed by atoms with Crippen LogP contribution in [0.3, 0.4) is 0 Å². The third-order valence-electron chi connectivity index (χ3n) is 5.14. The van der Waals surface area contributed by atoms with E-state index in [1.165, 1.54) is 54.7 Å². The first-order valence-electron chi connectivity index (χ1n) is 10.6. The molecule has 180 valence electrons. The zero-order valence-corrected chi connectivity index (χ0v) is 21.3. The Hall–Kier alpha value is -2.88. The molecule has 2 aromatic carbocycles. The largest absolute Gasteiger partial charge is 0.379 e. The maximum Gasteiger partial charge on any atom is 0.339 e. The van der Waals surface area contributed by atoms with E-state index in [1.807, 2.05) is 25.3 Å². The van der Waals surface area contributed by atoms with Crippen molar-refractivity contribution in [2.75, 3.05) is 5.32 Å². The summed E-state index contributed by atoms with van der Waals surface area (Å²) in [7, 11) is -4.18. The lowest BCUT2D eigenvalue weighted by atomic mass is 10.1. The first-order chi connectivity index (χ1) is 16.1. The molecule has 0 radical (unpaired) electrons. The number of hydrogen-bond acceptors (Lipinski definition) is 6. The summed E-state index contributed by atoms with van der Waals surface area (Å²) in [5, 5.41) is 4.81. The SMILES string of the molecule is CC[C@H](C)N(Cc1cc(Cl)ccc1OS(=O)(=O)c1ccc(NC(C)=O)cc1)C(=O)c1cccs1. The number of thiophene rings is 1. The molecule has 0 aliphatic heterocycles. The molecule has 1 heterocycles. The van der Waals surface area contributed by atoms with Crippen molar-refractivity contribution in [2.45, 2.75) is 44.7 Å². The van der Waals surface area contributed by atoms with Crippen molar-refractivity contribution < 1.29 is 22.2 Å². The molecule has 1 aromatic heterocycles. The van der Waals surface area contributed by atoms with Gasteiger partial charge in [0.05, 0.1) is 11.4 Å². The molecule has 3 aromatic rings. The van der Waals surface area contributed by atoms with Crippen LogP contribution in [-0.2, 0) is 21.5 Å². The van der Waals surface area contributed by atoms with Crippen LogP contribution < -0.4 is 9.50 Å². The fourth-order valence-corrected chi connectivity index (χ4v) is 5.04. The van der Waals surface area contributed by atoms with Gasteiger partial charge in [0.15, 0.2) is 0 Å². The number of carbonyl (C=O) groups is 2. The van der Waals surface area contributed by atoms with Gasteiger partial charge in [-0.25, -0.2) is 0 Å². The quantitative estimate of drug-likeness (QED) is 0.372. The third kappa shape index (κ3) is 6.37. The Balaban J connectivity index is 1.90. The number of nitrogens with zero attached hydrogens (tertiary/aromatic N) is 1. The Morgan fingerprint density at radius 2 is 1.85 bits per heavy atom. The molecule has 0 spiro atoms. The van der Waals surface area contributed by atoms with Crippen molar-refractivity contribution in [3.05, 3.63) is 75.4 Å². The van der Waals surface area contributed by atoms with Crippen LogP contribution in [0.4, 0.5) is 5.69 Å². The van der Waals surface area contributed by atoms with E-state index < -0.39 is 10.1 Å². The Kier molecular flexibility index (Phi) is 8.35. The van der Waals surface area contributed by atoms with E-state index in [4.69, 9.17) is 15.8 Å². The lowest BCUT2D eigenvalue weighted by Crippen LogP contribution is -2.37. The monoisotopic (exact) mass is 520 g/mol. The maximum absolute atomic E-state index is 13.1. The van der Waals surface area contributed by atoms with Crippen LogP contribution in [0.5, 0.6) is 5.75 Å². The molecule has 0 unspecified atom stereocenters. The lowest BCUT2D eigenvalue weighted by Gasteiger charge is -2.29. The molecule has 0 aliphatic carbocycles. The summed E-state index contributed by atoms with van der Waals surface area (Å²) in [6.07, 6.45) is 0.715. The highest BCUT2D eigenvalue weighted by Gasteiger charge is 2.25. The number of rotatable bonds is 9. The lowest BCUT2D eigenvalue weighted by molar-refractivity contribution is -0.114. The summed E-state index contributed by atoms with van der Waals surface area (Å²) < 4.78 is 31.4. The summed E-state index contributed by atoms with van der Waals surface area (Å²) in [5.74, 6) is -0.324. The summed E-state index contributed by atoms with van der Waals surface area (Å²) in [4.78, 5) is 26.5. The number of amides is 2. The molecule has 3 rings (SSSR count). The molecule has 0 saturated carbocycles.